The average molecular weight is 336 g/mol. The van der Waals surface area contributed by atoms with E-state index in [0.717, 1.165) is 12.1 Å². The molecule has 6 heteroatoms. The van der Waals surface area contributed by atoms with Crippen molar-refractivity contribution in [2.75, 3.05) is 33.3 Å². The summed E-state index contributed by atoms with van der Waals surface area (Å²) in [4.78, 5) is 16.2. The van der Waals surface area contributed by atoms with Crippen molar-refractivity contribution in [3.63, 3.8) is 0 Å². The van der Waals surface area contributed by atoms with E-state index in [-0.39, 0.29) is 18.1 Å². The summed E-state index contributed by atoms with van der Waals surface area (Å²) in [5.41, 5.74) is 1.07. The normalized spacial score (nSPS) is 19.8. The number of ether oxygens (including phenoxy) is 1. The van der Waals surface area contributed by atoms with E-state index in [2.05, 4.69) is 11.0 Å². The summed E-state index contributed by atoms with van der Waals surface area (Å²) < 4.78 is 5.84. The average Bonchev–Trinajstić information content (AvgIpc) is 2.59. The van der Waals surface area contributed by atoms with Crippen LogP contribution in [0.1, 0.15) is 25.0 Å². The van der Waals surface area contributed by atoms with Gasteiger partial charge >= 0.3 is 0 Å². The number of carbonyl (C=O) groups is 1. The minimum atomic E-state index is -0.225. The molecule has 0 radical (unpaired) electrons. The molecule has 1 aromatic rings. The zero-order valence-corrected chi connectivity index (χ0v) is 14.3. The van der Waals surface area contributed by atoms with Gasteiger partial charge in [-0.25, -0.2) is 0 Å². The zero-order chi connectivity index (χ0) is 16.8. The third kappa shape index (κ3) is 4.68. The molecule has 1 fully saturated rings. The third-order valence-electron chi connectivity index (χ3n) is 4.18. The predicted molar refractivity (Wildman–Crippen MR) is 89.0 cm³/mol. The molecule has 5 nitrogen and oxygen atoms in total. The maximum atomic E-state index is 12.5. The first-order valence-corrected chi connectivity index (χ1v) is 8.13. The van der Waals surface area contributed by atoms with Gasteiger partial charge in [0.1, 0.15) is 0 Å². The molecular weight excluding hydrogens is 314 g/mol. The number of halogens is 1. The van der Waals surface area contributed by atoms with Gasteiger partial charge in [0.05, 0.1) is 31.2 Å². The number of nitrogens with zero attached hydrogens (tertiary/aromatic N) is 3. The smallest absolute Gasteiger partial charge is 0.239 e. The van der Waals surface area contributed by atoms with Gasteiger partial charge < -0.3 is 9.64 Å². The van der Waals surface area contributed by atoms with E-state index in [4.69, 9.17) is 21.6 Å². The molecule has 1 aromatic carbocycles. The number of likely N-dealkylation sites (N-methyl/N-ethyl adjacent to an activating group) is 1. The molecule has 0 saturated carbocycles. The number of rotatable bonds is 5. The van der Waals surface area contributed by atoms with Crippen LogP contribution in [0.25, 0.3) is 0 Å². The monoisotopic (exact) mass is 335 g/mol. The molecule has 0 N–H and O–H groups in total. The summed E-state index contributed by atoms with van der Waals surface area (Å²) in [6.07, 6.45) is 0.298. The van der Waals surface area contributed by atoms with Crippen molar-refractivity contribution in [2.24, 2.45) is 0 Å². The summed E-state index contributed by atoms with van der Waals surface area (Å²) in [7, 11) is 1.74. The summed E-state index contributed by atoms with van der Waals surface area (Å²) in [5, 5.41) is 9.34. The van der Waals surface area contributed by atoms with Crippen LogP contribution in [0.15, 0.2) is 24.3 Å². The van der Waals surface area contributed by atoms with E-state index in [1.807, 2.05) is 31.2 Å². The molecule has 2 rings (SSSR count). The Morgan fingerprint density at radius 3 is 2.87 bits per heavy atom. The lowest BCUT2D eigenvalue weighted by Crippen LogP contribution is -2.50. The van der Waals surface area contributed by atoms with Gasteiger partial charge in [-0.3, -0.25) is 9.69 Å². The van der Waals surface area contributed by atoms with Crippen LogP contribution < -0.4 is 0 Å². The maximum Gasteiger partial charge on any atom is 0.239 e. The van der Waals surface area contributed by atoms with E-state index in [0.29, 0.717) is 31.1 Å². The fraction of sp³-hybridized carbons (Fsp3) is 0.529. The lowest BCUT2D eigenvalue weighted by molar-refractivity contribution is -0.138. The minimum absolute atomic E-state index is 0.0389. The first-order chi connectivity index (χ1) is 11.0. The van der Waals surface area contributed by atoms with Gasteiger partial charge in [0.2, 0.25) is 5.91 Å². The van der Waals surface area contributed by atoms with E-state index in [1.165, 1.54) is 0 Å². The first kappa shape index (κ1) is 17.7. The SMILES string of the molecule is CC(C(=O)N(C)CCC#N)N1CCOC(c2ccc(Cl)cc2)C1. The number of benzene rings is 1. The van der Waals surface area contributed by atoms with E-state index < -0.39 is 0 Å². The molecule has 1 aliphatic heterocycles. The van der Waals surface area contributed by atoms with Gasteiger partial charge in [0.25, 0.3) is 0 Å². The highest BCUT2D eigenvalue weighted by Gasteiger charge is 2.30. The number of nitriles is 1. The molecular formula is C17H22ClN3O2. The maximum absolute atomic E-state index is 12.5. The van der Waals surface area contributed by atoms with Crippen LogP contribution in [-0.4, -0.2) is 55.0 Å². The lowest BCUT2D eigenvalue weighted by Gasteiger charge is -2.37. The van der Waals surface area contributed by atoms with Gasteiger partial charge in [-0.05, 0) is 24.6 Å². The Labute approximate surface area is 142 Å². The molecule has 0 aliphatic carbocycles. The summed E-state index contributed by atoms with van der Waals surface area (Å²) in [5.74, 6) is 0.0389. The van der Waals surface area contributed by atoms with Crippen LogP contribution in [0, 0.1) is 11.3 Å². The molecule has 1 aliphatic rings. The van der Waals surface area contributed by atoms with Gasteiger partial charge in [-0.2, -0.15) is 5.26 Å². The number of amides is 1. The van der Waals surface area contributed by atoms with Crippen molar-refractivity contribution in [3.8, 4) is 6.07 Å². The van der Waals surface area contributed by atoms with Crippen LogP contribution >= 0.6 is 11.6 Å². The largest absolute Gasteiger partial charge is 0.371 e. The number of carbonyl (C=O) groups excluding carboxylic acids is 1. The number of hydrogen-bond acceptors (Lipinski definition) is 4. The molecule has 0 aromatic heterocycles. The van der Waals surface area contributed by atoms with Gasteiger partial charge in [0.15, 0.2) is 0 Å². The zero-order valence-electron chi connectivity index (χ0n) is 13.5. The summed E-state index contributed by atoms with van der Waals surface area (Å²) in [6, 6.07) is 9.46. The Morgan fingerprint density at radius 1 is 1.52 bits per heavy atom. The van der Waals surface area contributed by atoms with Crippen LogP contribution in [-0.2, 0) is 9.53 Å². The molecule has 2 unspecified atom stereocenters. The van der Waals surface area contributed by atoms with Crippen LogP contribution in [0.2, 0.25) is 5.02 Å². The Bertz CT molecular complexity index is 570. The Hall–Kier alpha value is -1.61. The van der Waals surface area contributed by atoms with Gasteiger partial charge in [0, 0.05) is 31.7 Å². The van der Waals surface area contributed by atoms with Crippen molar-refractivity contribution in [2.45, 2.75) is 25.5 Å². The molecule has 2 atom stereocenters. The molecule has 1 saturated heterocycles. The topological polar surface area (TPSA) is 56.6 Å². The fourth-order valence-electron chi connectivity index (χ4n) is 2.70. The van der Waals surface area contributed by atoms with Gasteiger partial charge in [-0.1, -0.05) is 23.7 Å². The highest BCUT2D eigenvalue weighted by atomic mass is 35.5. The second-order valence-corrected chi connectivity index (χ2v) is 6.19. The Balaban J connectivity index is 1.98. The van der Waals surface area contributed by atoms with Crippen molar-refractivity contribution in [3.05, 3.63) is 34.9 Å². The van der Waals surface area contributed by atoms with Crippen LogP contribution in [0.3, 0.4) is 0 Å². The molecule has 124 valence electrons. The second kappa shape index (κ2) is 8.30. The predicted octanol–water partition coefficient (Wildman–Crippen LogP) is 2.47. The second-order valence-electron chi connectivity index (χ2n) is 5.75. The Morgan fingerprint density at radius 2 is 2.22 bits per heavy atom. The summed E-state index contributed by atoms with van der Waals surface area (Å²) >= 11 is 5.92. The highest BCUT2D eigenvalue weighted by Crippen LogP contribution is 2.25. The van der Waals surface area contributed by atoms with Crippen LogP contribution in [0.5, 0.6) is 0 Å². The Kier molecular flexibility index (Phi) is 6.40. The van der Waals surface area contributed by atoms with Crippen molar-refractivity contribution in [1.82, 2.24) is 9.80 Å². The van der Waals surface area contributed by atoms with E-state index in [1.54, 1.807) is 11.9 Å². The van der Waals surface area contributed by atoms with Crippen molar-refractivity contribution < 1.29 is 9.53 Å². The molecule has 0 spiro atoms. The van der Waals surface area contributed by atoms with E-state index >= 15 is 0 Å². The van der Waals surface area contributed by atoms with E-state index in [9.17, 15) is 4.79 Å². The van der Waals surface area contributed by atoms with Crippen molar-refractivity contribution >= 4 is 17.5 Å². The van der Waals surface area contributed by atoms with Crippen molar-refractivity contribution in [1.29, 1.82) is 5.26 Å². The number of morpholine rings is 1. The third-order valence-corrected chi connectivity index (χ3v) is 4.43. The summed E-state index contributed by atoms with van der Waals surface area (Å²) in [6.45, 7) is 4.36. The first-order valence-electron chi connectivity index (χ1n) is 7.76. The molecule has 1 heterocycles. The molecule has 0 bridgehead atoms. The van der Waals surface area contributed by atoms with Gasteiger partial charge in [-0.15, -0.1) is 0 Å². The quantitative estimate of drug-likeness (QED) is 0.829. The number of hydrogen-bond donors (Lipinski definition) is 0. The minimum Gasteiger partial charge on any atom is -0.371 e. The molecule has 23 heavy (non-hydrogen) atoms. The standard InChI is InChI=1S/C17H22ClN3O2/c1-13(17(22)20(2)9-3-8-19)21-10-11-23-16(12-21)14-4-6-15(18)7-5-14/h4-7,13,16H,3,9-12H2,1-2H3. The van der Waals surface area contributed by atoms with Crippen LogP contribution in [0.4, 0.5) is 0 Å². The lowest BCUT2D eigenvalue weighted by atomic mass is 10.1. The fourth-order valence-corrected chi connectivity index (χ4v) is 2.83. The molecule has 1 amide bonds. The highest BCUT2D eigenvalue weighted by molar-refractivity contribution is 6.30.